The maximum absolute atomic E-state index is 13.1. The zero-order valence-electron chi connectivity index (χ0n) is 15.1. The van der Waals surface area contributed by atoms with E-state index in [0.29, 0.717) is 12.3 Å². The van der Waals surface area contributed by atoms with Crippen molar-refractivity contribution < 1.29 is 18.4 Å². The Morgan fingerprint density at radius 3 is 2.54 bits per heavy atom. The predicted molar refractivity (Wildman–Crippen MR) is 99.2 cm³/mol. The van der Waals surface area contributed by atoms with E-state index >= 15 is 0 Å². The molecule has 0 aromatic heterocycles. The summed E-state index contributed by atoms with van der Waals surface area (Å²) in [6, 6.07) is 2.79. The molecule has 1 aromatic carbocycles. The van der Waals surface area contributed by atoms with Gasteiger partial charge in [-0.25, -0.2) is 8.78 Å². The predicted octanol–water partition coefficient (Wildman–Crippen LogP) is 2.81. The van der Waals surface area contributed by atoms with Crippen LogP contribution in [0.3, 0.4) is 0 Å². The maximum atomic E-state index is 13.1. The van der Waals surface area contributed by atoms with Crippen molar-refractivity contribution in [3.8, 4) is 0 Å². The molecule has 146 valence electrons. The Balaban J connectivity index is 0.00000338. The molecule has 5 nitrogen and oxygen atoms in total. The van der Waals surface area contributed by atoms with Gasteiger partial charge in [-0.05, 0) is 49.9 Å². The lowest BCUT2D eigenvalue weighted by atomic mass is 9.85. The Labute approximate surface area is 158 Å². The number of halogens is 3. The number of likely N-dealkylation sites (N-methyl/N-ethyl adjacent to an activating group) is 1. The number of amides is 2. The summed E-state index contributed by atoms with van der Waals surface area (Å²) in [7, 11) is 1.56. The molecule has 0 aliphatic carbocycles. The molecule has 0 spiro atoms. The van der Waals surface area contributed by atoms with Crippen LogP contribution in [0.25, 0.3) is 0 Å². The molecule has 2 N–H and O–H groups in total. The van der Waals surface area contributed by atoms with Crippen LogP contribution < -0.4 is 10.6 Å². The number of nitrogens with zero attached hydrogens (tertiary/aromatic N) is 1. The van der Waals surface area contributed by atoms with Gasteiger partial charge in [-0.15, -0.1) is 12.4 Å². The minimum absolute atomic E-state index is 0. The summed E-state index contributed by atoms with van der Waals surface area (Å²) >= 11 is 0. The third-order valence-electron chi connectivity index (χ3n) is 4.59. The SMILES string of the molecule is CC(CC(=O)N(C)CC(=O)Nc1cc(F)cc(F)c1)C1CCCNC1.Cl. The molecule has 0 radical (unpaired) electrons. The summed E-state index contributed by atoms with van der Waals surface area (Å²) in [6.45, 7) is 3.84. The normalized spacial score (nSPS) is 17.8. The van der Waals surface area contributed by atoms with E-state index < -0.39 is 17.5 Å². The van der Waals surface area contributed by atoms with Gasteiger partial charge in [0.05, 0.1) is 6.54 Å². The third-order valence-corrected chi connectivity index (χ3v) is 4.59. The van der Waals surface area contributed by atoms with Crippen molar-refractivity contribution in [3.05, 3.63) is 29.8 Å². The number of rotatable bonds is 6. The van der Waals surface area contributed by atoms with E-state index in [-0.39, 0.29) is 36.5 Å². The van der Waals surface area contributed by atoms with Crippen molar-refractivity contribution in [3.63, 3.8) is 0 Å². The Morgan fingerprint density at radius 2 is 1.96 bits per heavy atom. The largest absolute Gasteiger partial charge is 0.336 e. The van der Waals surface area contributed by atoms with E-state index in [4.69, 9.17) is 0 Å². The molecule has 0 bridgehead atoms. The van der Waals surface area contributed by atoms with Crippen LogP contribution >= 0.6 is 12.4 Å². The molecule has 1 aliphatic rings. The average molecular weight is 390 g/mol. The van der Waals surface area contributed by atoms with Crippen LogP contribution in [0.2, 0.25) is 0 Å². The van der Waals surface area contributed by atoms with E-state index in [1.165, 1.54) is 4.90 Å². The molecule has 8 heteroatoms. The molecule has 0 saturated carbocycles. The van der Waals surface area contributed by atoms with Crippen molar-refractivity contribution >= 4 is 29.9 Å². The Kier molecular flexibility index (Phi) is 8.95. The highest BCUT2D eigenvalue weighted by molar-refractivity contribution is 5.94. The summed E-state index contributed by atoms with van der Waals surface area (Å²) in [6.07, 6.45) is 2.60. The Morgan fingerprint density at radius 1 is 1.31 bits per heavy atom. The molecule has 1 heterocycles. The zero-order valence-corrected chi connectivity index (χ0v) is 15.9. The minimum atomic E-state index is -0.769. The first-order valence-electron chi connectivity index (χ1n) is 8.55. The first-order valence-corrected chi connectivity index (χ1v) is 8.55. The standard InChI is InChI=1S/C18H25F2N3O2.ClH/c1-12(13-4-3-5-21-10-13)6-18(25)23(2)11-17(24)22-16-8-14(19)7-15(20)9-16;/h7-9,12-13,21H,3-6,10-11H2,1-2H3,(H,22,24);1H. The molecule has 1 fully saturated rings. The molecule has 2 amide bonds. The minimum Gasteiger partial charge on any atom is -0.336 e. The van der Waals surface area contributed by atoms with E-state index in [2.05, 4.69) is 17.6 Å². The van der Waals surface area contributed by atoms with Crippen molar-refractivity contribution in [2.24, 2.45) is 11.8 Å². The van der Waals surface area contributed by atoms with Crippen LogP contribution in [-0.2, 0) is 9.59 Å². The van der Waals surface area contributed by atoms with Gasteiger partial charge in [0.1, 0.15) is 11.6 Å². The molecular formula is C18H26ClF2N3O2. The van der Waals surface area contributed by atoms with Crippen LogP contribution in [0.5, 0.6) is 0 Å². The van der Waals surface area contributed by atoms with Gasteiger partial charge in [-0.2, -0.15) is 0 Å². The lowest BCUT2D eigenvalue weighted by Crippen LogP contribution is -2.38. The number of carbonyl (C=O) groups is 2. The molecule has 26 heavy (non-hydrogen) atoms. The van der Waals surface area contributed by atoms with E-state index in [1.807, 2.05) is 0 Å². The van der Waals surface area contributed by atoms with Gasteiger partial charge in [0, 0.05) is 25.2 Å². The molecule has 1 aliphatic heterocycles. The molecule has 1 saturated heterocycles. The summed E-state index contributed by atoms with van der Waals surface area (Å²) in [5.74, 6) is -1.44. The van der Waals surface area contributed by atoms with E-state index in [0.717, 1.165) is 44.1 Å². The van der Waals surface area contributed by atoms with Crippen LogP contribution in [0.1, 0.15) is 26.2 Å². The fraction of sp³-hybridized carbons (Fsp3) is 0.556. The monoisotopic (exact) mass is 389 g/mol. The first-order chi connectivity index (χ1) is 11.8. The second kappa shape index (κ2) is 10.4. The van der Waals surface area contributed by atoms with Crippen molar-refractivity contribution in [2.45, 2.75) is 26.2 Å². The quantitative estimate of drug-likeness (QED) is 0.786. The van der Waals surface area contributed by atoms with Crippen LogP contribution in [0.15, 0.2) is 18.2 Å². The van der Waals surface area contributed by atoms with Crippen LogP contribution in [0, 0.1) is 23.5 Å². The van der Waals surface area contributed by atoms with E-state index in [9.17, 15) is 18.4 Å². The van der Waals surface area contributed by atoms with Gasteiger partial charge in [-0.3, -0.25) is 9.59 Å². The maximum Gasteiger partial charge on any atom is 0.243 e. The second-order valence-corrected chi connectivity index (χ2v) is 6.74. The fourth-order valence-corrected chi connectivity index (χ4v) is 3.09. The third kappa shape index (κ3) is 6.88. The number of anilines is 1. The van der Waals surface area contributed by atoms with Crippen molar-refractivity contribution in [1.29, 1.82) is 0 Å². The number of hydrogen-bond donors (Lipinski definition) is 2. The summed E-state index contributed by atoms with van der Waals surface area (Å²) in [4.78, 5) is 25.6. The second-order valence-electron chi connectivity index (χ2n) is 6.74. The summed E-state index contributed by atoms with van der Waals surface area (Å²) in [5, 5.41) is 5.74. The highest BCUT2D eigenvalue weighted by Crippen LogP contribution is 2.23. The number of benzene rings is 1. The van der Waals surface area contributed by atoms with E-state index in [1.54, 1.807) is 7.05 Å². The zero-order chi connectivity index (χ0) is 18.4. The number of carbonyl (C=O) groups excluding carboxylic acids is 2. The van der Waals surface area contributed by atoms with Crippen molar-refractivity contribution in [2.75, 3.05) is 32.0 Å². The lowest BCUT2D eigenvalue weighted by Gasteiger charge is -2.29. The van der Waals surface area contributed by atoms with Gasteiger partial charge < -0.3 is 15.5 Å². The molecule has 2 unspecified atom stereocenters. The van der Waals surface area contributed by atoms with Gasteiger partial charge in [-0.1, -0.05) is 6.92 Å². The van der Waals surface area contributed by atoms with Gasteiger partial charge in [0.15, 0.2) is 0 Å². The number of piperidine rings is 1. The van der Waals surface area contributed by atoms with Gasteiger partial charge >= 0.3 is 0 Å². The topological polar surface area (TPSA) is 61.4 Å². The lowest BCUT2D eigenvalue weighted by molar-refractivity contribution is -0.134. The number of nitrogens with one attached hydrogen (secondary N) is 2. The highest BCUT2D eigenvalue weighted by Gasteiger charge is 2.24. The van der Waals surface area contributed by atoms with Gasteiger partial charge in [0.2, 0.25) is 11.8 Å². The molecule has 2 rings (SSSR count). The molecular weight excluding hydrogens is 364 g/mol. The fourth-order valence-electron chi connectivity index (χ4n) is 3.09. The Bertz CT molecular complexity index is 604. The van der Waals surface area contributed by atoms with Gasteiger partial charge in [0.25, 0.3) is 0 Å². The highest BCUT2D eigenvalue weighted by atomic mass is 35.5. The summed E-state index contributed by atoms with van der Waals surface area (Å²) < 4.78 is 26.3. The first kappa shape index (κ1) is 22.3. The molecule has 2 atom stereocenters. The average Bonchev–Trinajstić information content (AvgIpc) is 2.54. The Hall–Kier alpha value is -1.73. The molecule has 1 aromatic rings. The van der Waals surface area contributed by atoms with Crippen molar-refractivity contribution in [1.82, 2.24) is 10.2 Å². The smallest absolute Gasteiger partial charge is 0.243 e. The van der Waals surface area contributed by atoms with Crippen LogP contribution in [-0.4, -0.2) is 43.4 Å². The summed E-state index contributed by atoms with van der Waals surface area (Å²) in [5.41, 5.74) is 0.0324. The number of hydrogen-bond acceptors (Lipinski definition) is 3. The van der Waals surface area contributed by atoms with Crippen LogP contribution in [0.4, 0.5) is 14.5 Å².